The molecule has 13 heavy (non-hydrogen) atoms. The van der Waals surface area contributed by atoms with Crippen LogP contribution < -0.4 is 0 Å². The Morgan fingerprint density at radius 1 is 1.31 bits per heavy atom. The fourth-order valence-electron chi connectivity index (χ4n) is 2.75. The van der Waals surface area contributed by atoms with Crippen LogP contribution in [0.1, 0.15) is 32.1 Å². The van der Waals surface area contributed by atoms with Gasteiger partial charge in [0.2, 0.25) is 0 Å². The van der Waals surface area contributed by atoms with Gasteiger partial charge in [0.15, 0.2) is 0 Å². The van der Waals surface area contributed by atoms with Crippen molar-refractivity contribution in [1.29, 1.82) is 0 Å². The number of Topliss-reactive ketones (excluding diaryl/α,β-unsaturated/α-hetero) is 1. The molecular formula is C10H17NO2. The van der Waals surface area contributed by atoms with Crippen molar-refractivity contribution < 1.29 is 9.90 Å². The number of hydrogen-bond donors (Lipinski definition) is 1. The van der Waals surface area contributed by atoms with Crippen LogP contribution in [0.15, 0.2) is 0 Å². The summed E-state index contributed by atoms with van der Waals surface area (Å²) in [5.41, 5.74) is 0. The van der Waals surface area contributed by atoms with Crippen molar-refractivity contribution in [2.45, 2.75) is 44.2 Å². The summed E-state index contributed by atoms with van der Waals surface area (Å²) in [6, 6.07) is 0.874. The molecule has 2 aliphatic heterocycles. The van der Waals surface area contributed by atoms with Gasteiger partial charge in [-0.05, 0) is 12.8 Å². The SMILES string of the molecule is O=C1CC2CCCC(C1)N2CCO. The number of aliphatic hydroxyl groups is 1. The molecule has 2 unspecified atom stereocenters. The van der Waals surface area contributed by atoms with E-state index in [0.717, 1.165) is 32.2 Å². The van der Waals surface area contributed by atoms with E-state index in [2.05, 4.69) is 4.90 Å². The molecule has 2 heterocycles. The lowest BCUT2D eigenvalue weighted by Gasteiger charge is -2.45. The number of ketones is 1. The number of piperidine rings is 2. The lowest BCUT2D eigenvalue weighted by atomic mass is 9.84. The molecule has 0 aliphatic carbocycles. The van der Waals surface area contributed by atoms with Crippen molar-refractivity contribution in [2.75, 3.05) is 13.2 Å². The van der Waals surface area contributed by atoms with E-state index in [1.807, 2.05) is 0 Å². The average molecular weight is 183 g/mol. The molecule has 1 N–H and O–H groups in total. The third kappa shape index (κ3) is 1.76. The Labute approximate surface area is 78.7 Å². The normalized spacial score (nSPS) is 35.0. The summed E-state index contributed by atoms with van der Waals surface area (Å²) in [5, 5.41) is 8.91. The number of aliphatic hydroxyl groups excluding tert-OH is 1. The number of nitrogens with zero attached hydrogens (tertiary/aromatic N) is 1. The van der Waals surface area contributed by atoms with Gasteiger partial charge in [0.25, 0.3) is 0 Å². The van der Waals surface area contributed by atoms with Crippen LogP contribution in [0.25, 0.3) is 0 Å². The fourth-order valence-corrected chi connectivity index (χ4v) is 2.75. The van der Waals surface area contributed by atoms with Gasteiger partial charge in [-0.2, -0.15) is 0 Å². The highest BCUT2D eigenvalue weighted by molar-refractivity contribution is 5.80. The Balaban J connectivity index is 2.05. The van der Waals surface area contributed by atoms with Crippen LogP contribution in [-0.4, -0.2) is 41.0 Å². The largest absolute Gasteiger partial charge is 0.395 e. The van der Waals surface area contributed by atoms with Gasteiger partial charge in [0.05, 0.1) is 6.61 Å². The van der Waals surface area contributed by atoms with Crippen molar-refractivity contribution in [3.8, 4) is 0 Å². The number of carbonyl (C=O) groups is 1. The van der Waals surface area contributed by atoms with E-state index in [1.165, 1.54) is 6.42 Å². The predicted octanol–water partition coefficient (Wildman–Crippen LogP) is 0.565. The highest BCUT2D eigenvalue weighted by atomic mass is 16.3. The molecule has 2 saturated heterocycles. The molecule has 3 nitrogen and oxygen atoms in total. The Kier molecular flexibility index (Phi) is 2.65. The quantitative estimate of drug-likeness (QED) is 0.680. The van der Waals surface area contributed by atoms with E-state index < -0.39 is 0 Å². The van der Waals surface area contributed by atoms with E-state index in [0.29, 0.717) is 17.9 Å². The molecule has 2 rings (SSSR count). The summed E-state index contributed by atoms with van der Waals surface area (Å²) in [6.45, 7) is 0.976. The Bertz CT molecular complexity index is 189. The van der Waals surface area contributed by atoms with Crippen LogP contribution in [-0.2, 0) is 4.79 Å². The molecule has 0 amide bonds. The molecule has 2 aliphatic rings. The van der Waals surface area contributed by atoms with Gasteiger partial charge in [0, 0.05) is 31.5 Å². The second kappa shape index (κ2) is 3.76. The zero-order valence-electron chi connectivity index (χ0n) is 7.91. The van der Waals surface area contributed by atoms with Crippen LogP contribution >= 0.6 is 0 Å². The first kappa shape index (κ1) is 9.16. The fraction of sp³-hybridized carbons (Fsp3) is 0.900. The lowest BCUT2D eigenvalue weighted by molar-refractivity contribution is -0.127. The zero-order valence-corrected chi connectivity index (χ0v) is 7.91. The molecule has 74 valence electrons. The molecule has 0 aromatic rings. The van der Waals surface area contributed by atoms with E-state index in [9.17, 15) is 4.79 Å². The first-order valence-electron chi connectivity index (χ1n) is 5.19. The van der Waals surface area contributed by atoms with E-state index in [-0.39, 0.29) is 6.61 Å². The Morgan fingerprint density at radius 2 is 1.92 bits per heavy atom. The summed E-state index contributed by atoms with van der Waals surface area (Å²) < 4.78 is 0. The summed E-state index contributed by atoms with van der Waals surface area (Å²) in [4.78, 5) is 13.7. The van der Waals surface area contributed by atoms with E-state index in [4.69, 9.17) is 5.11 Å². The monoisotopic (exact) mass is 183 g/mol. The number of rotatable bonds is 2. The van der Waals surface area contributed by atoms with Crippen LogP contribution in [0.5, 0.6) is 0 Å². The van der Waals surface area contributed by atoms with Gasteiger partial charge < -0.3 is 5.11 Å². The minimum absolute atomic E-state index is 0.223. The van der Waals surface area contributed by atoms with E-state index >= 15 is 0 Å². The summed E-state index contributed by atoms with van der Waals surface area (Å²) >= 11 is 0. The maximum atomic E-state index is 11.3. The average Bonchev–Trinajstić information content (AvgIpc) is 2.07. The first-order chi connectivity index (χ1) is 6.31. The minimum Gasteiger partial charge on any atom is -0.395 e. The standard InChI is InChI=1S/C10H17NO2/c12-5-4-11-8-2-1-3-9(11)7-10(13)6-8/h8-9,12H,1-7H2. The third-order valence-electron chi connectivity index (χ3n) is 3.30. The van der Waals surface area contributed by atoms with Crippen LogP contribution in [0, 0.1) is 0 Å². The molecule has 0 saturated carbocycles. The highest BCUT2D eigenvalue weighted by Gasteiger charge is 2.36. The van der Waals surface area contributed by atoms with Crippen molar-refractivity contribution >= 4 is 5.78 Å². The van der Waals surface area contributed by atoms with Crippen molar-refractivity contribution in [3.63, 3.8) is 0 Å². The molecule has 2 fully saturated rings. The number of fused-ring (bicyclic) bond motifs is 2. The summed E-state index contributed by atoms with van der Waals surface area (Å²) in [6.07, 6.45) is 4.97. The summed E-state index contributed by atoms with van der Waals surface area (Å²) in [7, 11) is 0. The van der Waals surface area contributed by atoms with Gasteiger partial charge in [-0.25, -0.2) is 0 Å². The zero-order chi connectivity index (χ0) is 9.26. The van der Waals surface area contributed by atoms with Gasteiger partial charge in [-0.15, -0.1) is 0 Å². The van der Waals surface area contributed by atoms with Crippen molar-refractivity contribution in [1.82, 2.24) is 4.90 Å². The second-order valence-electron chi connectivity index (χ2n) is 4.15. The topological polar surface area (TPSA) is 40.5 Å². The smallest absolute Gasteiger partial charge is 0.136 e. The Morgan fingerprint density at radius 3 is 2.46 bits per heavy atom. The van der Waals surface area contributed by atoms with Crippen LogP contribution in [0.3, 0.4) is 0 Å². The van der Waals surface area contributed by atoms with Crippen molar-refractivity contribution in [3.05, 3.63) is 0 Å². The maximum Gasteiger partial charge on any atom is 0.136 e. The van der Waals surface area contributed by atoms with Gasteiger partial charge in [0.1, 0.15) is 5.78 Å². The lowest BCUT2D eigenvalue weighted by Crippen LogP contribution is -2.53. The molecular weight excluding hydrogens is 166 g/mol. The summed E-state index contributed by atoms with van der Waals surface area (Å²) in [5.74, 6) is 0.420. The minimum atomic E-state index is 0.223. The highest BCUT2D eigenvalue weighted by Crippen LogP contribution is 2.31. The van der Waals surface area contributed by atoms with Crippen LogP contribution in [0.2, 0.25) is 0 Å². The first-order valence-corrected chi connectivity index (χ1v) is 5.19. The Hall–Kier alpha value is -0.410. The molecule has 2 atom stereocenters. The number of carbonyl (C=O) groups excluding carboxylic acids is 1. The van der Waals surface area contributed by atoms with E-state index in [1.54, 1.807) is 0 Å². The molecule has 0 spiro atoms. The van der Waals surface area contributed by atoms with Gasteiger partial charge in [-0.1, -0.05) is 6.42 Å². The van der Waals surface area contributed by atoms with Crippen LogP contribution in [0.4, 0.5) is 0 Å². The maximum absolute atomic E-state index is 11.3. The number of hydrogen-bond acceptors (Lipinski definition) is 3. The molecule has 0 aromatic heterocycles. The molecule has 0 aromatic carbocycles. The molecule has 2 bridgehead atoms. The third-order valence-corrected chi connectivity index (χ3v) is 3.30. The van der Waals surface area contributed by atoms with Gasteiger partial charge >= 0.3 is 0 Å². The second-order valence-corrected chi connectivity index (χ2v) is 4.15. The van der Waals surface area contributed by atoms with Crippen molar-refractivity contribution in [2.24, 2.45) is 0 Å². The van der Waals surface area contributed by atoms with Gasteiger partial charge in [-0.3, -0.25) is 9.69 Å². The molecule has 3 heteroatoms. The molecule has 0 radical (unpaired) electrons. The predicted molar refractivity (Wildman–Crippen MR) is 49.5 cm³/mol.